The molecule has 2 aromatic carbocycles. The predicted octanol–water partition coefficient (Wildman–Crippen LogP) is 1.19. The molecule has 2 aliphatic heterocycles. The van der Waals surface area contributed by atoms with Crippen LogP contribution >= 0.6 is 0 Å². The van der Waals surface area contributed by atoms with Gasteiger partial charge in [0.1, 0.15) is 6.04 Å². The Morgan fingerprint density at radius 2 is 1.95 bits per heavy atom. The molecule has 0 spiro atoms. The first-order chi connectivity index (χ1) is 10.6. The first-order valence-corrected chi connectivity index (χ1v) is 7.06. The molecule has 110 valence electrons. The van der Waals surface area contributed by atoms with Crippen molar-refractivity contribution in [1.82, 2.24) is 5.32 Å². The van der Waals surface area contributed by atoms with Crippen molar-refractivity contribution >= 4 is 39.9 Å². The molecule has 1 atom stereocenters. The first kappa shape index (κ1) is 12.8. The van der Waals surface area contributed by atoms with E-state index in [2.05, 4.69) is 5.32 Å². The quantitative estimate of drug-likeness (QED) is 0.610. The summed E-state index contributed by atoms with van der Waals surface area (Å²) < 4.78 is 0. The Kier molecular flexibility index (Phi) is 2.51. The third-order valence-corrected chi connectivity index (χ3v) is 4.28. The highest BCUT2D eigenvalue weighted by molar-refractivity contribution is 6.28. The topological polar surface area (TPSA) is 92.5 Å². The monoisotopic (exact) mass is 295 g/mol. The molecule has 2 aromatic rings. The number of nitrogens with two attached hydrogens (primary N) is 1. The largest absolute Gasteiger partial charge is 0.398 e. The molecule has 4 rings (SSSR count). The van der Waals surface area contributed by atoms with Crippen LogP contribution in [0.3, 0.4) is 0 Å². The molecule has 6 heteroatoms. The minimum atomic E-state index is -0.663. The number of hydrogen-bond acceptors (Lipinski definition) is 4. The van der Waals surface area contributed by atoms with Gasteiger partial charge in [0.05, 0.1) is 5.69 Å². The van der Waals surface area contributed by atoms with Gasteiger partial charge in [0.2, 0.25) is 11.8 Å². The number of rotatable bonds is 1. The molecule has 0 radical (unpaired) electrons. The summed E-state index contributed by atoms with van der Waals surface area (Å²) in [6, 6.07) is 8.21. The van der Waals surface area contributed by atoms with Crippen molar-refractivity contribution in [2.75, 3.05) is 10.6 Å². The highest BCUT2D eigenvalue weighted by atomic mass is 16.2. The lowest BCUT2D eigenvalue weighted by Gasteiger charge is -2.30. The fourth-order valence-electron chi connectivity index (χ4n) is 3.27. The van der Waals surface area contributed by atoms with Crippen LogP contribution in [0, 0.1) is 0 Å². The van der Waals surface area contributed by atoms with Crippen LogP contribution in [0.5, 0.6) is 0 Å². The van der Waals surface area contributed by atoms with Crippen molar-refractivity contribution in [3.05, 3.63) is 35.9 Å². The molecule has 0 saturated carbocycles. The van der Waals surface area contributed by atoms with Crippen LogP contribution in [-0.4, -0.2) is 23.8 Å². The molecule has 1 saturated heterocycles. The van der Waals surface area contributed by atoms with Crippen LogP contribution < -0.4 is 16.0 Å². The second-order valence-electron chi connectivity index (χ2n) is 5.54. The van der Waals surface area contributed by atoms with E-state index in [1.807, 2.05) is 6.07 Å². The summed E-state index contributed by atoms with van der Waals surface area (Å²) >= 11 is 0. The number of piperidine rings is 1. The van der Waals surface area contributed by atoms with Gasteiger partial charge >= 0.3 is 0 Å². The number of anilines is 2. The third kappa shape index (κ3) is 1.57. The molecule has 1 fully saturated rings. The lowest BCUT2D eigenvalue weighted by molar-refractivity contribution is -0.134. The fourth-order valence-corrected chi connectivity index (χ4v) is 3.27. The lowest BCUT2D eigenvalue weighted by Crippen LogP contribution is -2.53. The maximum absolute atomic E-state index is 12.7. The molecular formula is C16H13N3O3. The Morgan fingerprint density at radius 1 is 1.14 bits per heavy atom. The van der Waals surface area contributed by atoms with Gasteiger partial charge in [-0.15, -0.1) is 0 Å². The Morgan fingerprint density at radius 3 is 2.73 bits per heavy atom. The van der Waals surface area contributed by atoms with Gasteiger partial charge in [-0.05, 0) is 24.6 Å². The number of carbonyl (C=O) groups is 3. The molecule has 0 bridgehead atoms. The average Bonchev–Trinajstić information content (AvgIpc) is 2.78. The van der Waals surface area contributed by atoms with Gasteiger partial charge in [-0.1, -0.05) is 12.1 Å². The number of imide groups is 1. The molecule has 0 aromatic heterocycles. The molecule has 2 heterocycles. The summed E-state index contributed by atoms with van der Waals surface area (Å²) in [7, 11) is 0. The predicted molar refractivity (Wildman–Crippen MR) is 81.3 cm³/mol. The number of carbonyl (C=O) groups excluding carboxylic acids is 3. The Bertz CT molecular complexity index is 859. The van der Waals surface area contributed by atoms with Crippen LogP contribution in [0.4, 0.5) is 11.4 Å². The van der Waals surface area contributed by atoms with E-state index in [9.17, 15) is 14.4 Å². The normalized spacial score (nSPS) is 20.6. The van der Waals surface area contributed by atoms with Crippen LogP contribution in [-0.2, 0) is 9.59 Å². The highest BCUT2D eigenvalue weighted by Crippen LogP contribution is 2.41. The summed E-state index contributed by atoms with van der Waals surface area (Å²) in [6.07, 6.45) is 0.560. The molecular weight excluding hydrogens is 282 g/mol. The van der Waals surface area contributed by atoms with Crippen LogP contribution in [0.25, 0.3) is 10.8 Å². The Hall–Kier alpha value is -2.89. The number of amides is 3. The van der Waals surface area contributed by atoms with Gasteiger partial charge in [0, 0.05) is 28.4 Å². The van der Waals surface area contributed by atoms with E-state index in [0.717, 1.165) is 10.8 Å². The SMILES string of the molecule is Nc1ccc2c3c(cccc13)C(=O)N2C1CCC(=O)NC1=O. The summed E-state index contributed by atoms with van der Waals surface area (Å²) in [4.78, 5) is 37.7. The Labute approximate surface area is 125 Å². The number of nitrogen functional groups attached to an aromatic ring is 1. The van der Waals surface area contributed by atoms with Gasteiger partial charge in [0.25, 0.3) is 5.91 Å². The molecule has 22 heavy (non-hydrogen) atoms. The van der Waals surface area contributed by atoms with E-state index >= 15 is 0 Å². The molecule has 3 amide bonds. The zero-order chi connectivity index (χ0) is 15.4. The number of benzene rings is 2. The number of nitrogens with zero attached hydrogens (tertiary/aromatic N) is 1. The molecule has 2 aliphatic rings. The zero-order valence-corrected chi connectivity index (χ0v) is 11.6. The maximum atomic E-state index is 12.7. The summed E-state index contributed by atoms with van der Waals surface area (Å²) in [6.45, 7) is 0. The van der Waals surface area contributed by atoms with E-state index in [0.29, 0.717) is 23.4 Å². The van der Waals surface area contributed by atoms with Crippen LogP contribution in [0.1, 0.15) is 23.2 Å². The van der Waals surface area contributed by atoms with Gasteiger partial charge in [-0.3, -0.25) is 24.6 Å². The van der Waals surface area contributed by atoms with E-state index in [1.165, 1.54) is 4.90 Å². The summed E-state index contributed by atoms with van der Waals surface area (Å²) in [5.41, 5.74) is 7.80. The second-order valence-corrected chi connectivity index (χ2v) is 5.54. The van der Waals surface area contributed by atoms with Crippen molar-refractivity contribution in [3.63, 3.8) is 0 Å². The molecule has 3 N–H and O–H groups in total. The minimum Gasteiger partial charge on any atom is -0.398 e. The van der Waals surface area contributed by atoms with Crippen molar-refractivity contribution < 1.29 is 14.4 Å². The third-order valence-electron chi connectivity index (χ3n) is 4.28. The minimum absolute atomic E-state index is 0.222. The van der Waals surface area contributed by atoms with Crippen LogP contribution in [0.2, 0.25) is 0 Å². The highest BCUT2D eigenvalue weighted by Gasteiger charge is 2.40. The van der Waals surface area contributed by atoms with E-state index in [-0.39, 0.29) is 18.2 Å². The van der Waals surface area contributed by atoms with E-state index in [4.69, 9.17) is 5.73 Å². The van der Waals surface area contributed by atoms with Gasteiger partial charge in [0.15, 0.2) is 0 Å². The number of nitrogens with one attached hydrogen (secondary N) is 1. The zero-order valence-electron chi connectivity index (χ0n) is 11.6. The average molecular weight is 295 g/mol. The standard InChI is InChI=1S/C16H13N3O3/c17-10-4-5-11-14-8(10)2-1-3-9(14)16(22)19(11)12-6-7-13(20)18-15(12)21/h1-5,12H,6-7,17H2,(H,18,20,21). The van der Waals surface area contributed by atoms with Gasteiger partial charge < -0.3 is 5.73 Å². The summed E-state index contributed by atoms with van der Waals surface area (Å²) in [5, 5.41) is 3.88. The van der Waals surface area contributed by atoms with Gasteiger partial charge in [-0.2, -0.15) is 0 Å². The fraction of sp³-hybridized carbons (Fsp3) is 0.188. The summed E-state index contributed by atoms with van der Waals surface area (Å²) in [5.74, 6) is -0.948. The van der Waals surface area contributed by atoms with Crippen LogP contribution in [0.15, 0.2) is 30.3 Å². The van der Waals surface area contributed by atoms with Gasteiger partial charge in [-0.25, -0.2) is 0 Å². The molecule has 0 aliphatic carbocycles. The Balaban J connectivity index is 1.89. The van der Waals surface area contributed by atoms with Crippen molar-refractivity contribution in [3.8, 4) is 0 Å². The smallest absolute Gasteiger partial charge is 0.259 e. The molecule has 1 unspecified atom stereocenters. The number of hydrogen-bond donors (Lipinski definition) is 2. The lowest BCUT2D eigenvalue weighted by atomic mass is 10.0. The van der Waals surface area contributed by atoms with Crippen molar-refractivity contribution in [1.29, 1.82) is 0 Å². The second kappa shape index (κ2) is 4.30. The van der Waals surface area contributed by atoms with E-state index in [1.54, 1.807) is 24.3 Å². The van der Waals surface area contributed by atoms with Crippen molar-refractivity contribution in [2.45, 2.75) is 18.9 Å². The first-order valence-electron chi connectivity index (χ1n) is 7.06. The van der Waals surface area contributed by atoms with Crippen molar-refractivity contribution in [2.24, 2.45) is 0 Å². The maximum Gasteiger partial charge on any atom is 0.259 e. The molecule has 6 nitrogen and oxygen atoms in total. The van der Waals surface area contributed by atoms with E-state index < -0.39 is 11.9 Å².